The molecule has 0 spiro atoms. The standard InChI is InChI=1S/C14H22O3/c1-3-5-7-11(13-9-15-13)17-12(8-6-4-2)14-10-16-14/h3-4,11-14H,1-2,5-10H2. The van der Waals surface area contributed by atoms with Crippen LogP contribution in [-0.2, 0) is 14.2 Å². The van der Waals surface area contributed by atoms with Crippen LogP contribution in [0.1, 0.15) is 25.7 Å². The summed E-state index contributed by atoms with van der Waals surface area (Å²) in [6.07, 6.45) is 8.79. The fraction of sp³-hybridized carbons (Fsp3) is 0.714. The predicted molar refractivity (Wildman–Crippen MR) is 67.0 cm³/mol. The van der Waals surface area contributed by atoms with Crippen molar-refractivity contribution in [2.75, 3.05) is 13.2 Å². The van der Waals surface area contributed by atoms with E-state index >= 15 is 0 Å². The molecule has 0 aromatic heterocycles. The first-order valence-corrected chi connectivity index (χ1v) is 6.45. The molecule has 0 aliphatic carbocycles. The van der Waals surface area contributed by atoms with Crippen LogP contribution >= 0.6 is 0 Å². The summed E-state index contributed by atoms with van der Waals surface area (Å²) in [5, 5.41) is 0. The van der Waals surface area contributed by atoms with Crippen LogP contribution in [0, 0.1) is 0 Å². The zero-order chi connectivity index (χ0) is 12.1. The molecule has 2 heterocycles. The molecule has 2 fully saturated rings. The second-order valence-electron chi connectivity index (χ2n) is 4.69. The highest BCUT2D eigenvalue weighted by Crippen LogP contribution is 2.28. The lowest BCUT2D eigenvalue weighted by Crippen LogP contribution is -2.30. The average molecular weight is 238 g/mol. The van der Waals surface area contributed by atoms with Gasteiger partial charge in [0.2, 0.25) is 0 Å². The van der Waals surface area contributed by atoms with Gasteiger partial charge < -0.3 is 14.2 Å². The van der Waals surface area contributed by atoms with Gasteiger partial charge in [-0.05, 0) is 25.7 Å². The van der Waals surface area contributed by atoms with E-state index in [1.165, 1.54) is 0 Å². The van der Waals surface area contributed by atoms with Crippen molar-refractivity contribution in [3.05, 3.63) is 25.3 Å². The fourth-order valence-electron chi connectivity index (χ4n) is 2.01. The summed E-state index contributed by atoms with van der Waals surface area (Å²) in [6, 6.07) is 0. The summed E-state index contributed by atoms with van der Waals surface area (Å²) in [5.41, 5.74) is 0. The van der Waals surface area contributed by atoms with Gasteiger partial charge in [-0.1, -0.05) is 12.2 Å². The number of rotatable bonds is 10. The molecule has 3 heteroatoms. The Balaban J connectivity index is 1.79. The zero-order valence-electron chi connectivity index (χ0n) is 10.3. The summed E-state index contributed by atoms with van der Waals surface area (Å²) in [6.45, 7) is 9.18. The van der Waals surface area contributed by atoms with Gasteiger partial charge in [0.1, 0.15) is 12.2 Å². The van der Waals surface area contributed by atoms with Crippen molar-refractivity contribution in [3.8, 4) is 0 Å². The van der Waals surface area contributed by atoms with E-state index in [1.54, 1.807) is 0 Å². The van der Waals surface area contributed by atoms with Crippen molar-refractivity contribution in [1.29, 1.82) is 0 Å². The molecule has 0 radical (unpaired) electrons. The fourth-order valence-corrected chi connectivity index (χ4v) is 2.01. The molecule has 0 saturated carbocycles. The molecule has 96 valence electrons. The number of hydrogen-bond donors (Lipinski definition) is 0. The Hall–Kier alpha value is -0.640. The van der Waals surface area contributed by atoms with Crippen molar-refractivity contribution in [3.63, 3.8) is 0 Å². The van der Waals surface area contributed by atoms with Crippen molar-refractivity contribution in [1.82, 2.24) is 0 Å². The van der Waals surface area contributed by atoms with Crippen molar-refractivity contribution >= 4 is 0 Å². The zero-order valence-corrected chi connectivity index (χ0v) is 10.3. The SMILES string of the molecule is C=CCCC(OC(CCC=C)C1CO1)C1CO1. The van der Waals surface area contributed by atoms with E-state index in [1.807, 2.05) is 12.2 Å². The van der Waals surface area contributed by atoms with Gasteiger partial charge in [-0.2, -0.15) is 0 Å². The van der Waals surface area contributed by atoms with Crippen LogP contribution in [0.25, 0.3) is 0 Å². The van der Waals surface area contributed by atoms with E-state index in [0.29, 0.717) is 12.2 Å². The Morgan fingerprint density at radius 2 is 1.41 bits per heavy atom. The van der Waals surface area contributed by atoms with Crippen LogP contribution < -0.4 is 0 Å². The molecular formula is C14H22O3. The molecule has 2 saturated heterocycles. The first-order chi connectivity index (χ1) is 8.35. The Labute approximate surface area is 103 Å². The molecule has 0 bridgehead atoms. The van der Waals surface area contributed by atoms with Crippen LogP contribution in [0.15, 0.2) is 25.3 Å². The first kappa shape index (κ1) is 12.8. The van der Waals surface area contributed by atoms with Gasteiger partial charge in [0.25, 0.3) is 0 Å². The van der Waals surface area contributed by atoms with E-state index in [-0.39, 0.29) is 12.2 Å². The van der Waals surface area contributed by atoms with Crippen molar-refractivity contribution in [2.24, 2.45) is 0 Å². The number of hydrogen-bond acceptors (Lipinski definition) is 3. The van der Waals surface area contributed by atoms with Crippen LogP contribution in [0.3, 0.4) is 0 Å². The van der Waals surface area contributed by atoms with Crippen molar-refractivity contribution < 1.29 is 14.2 Å². The molecule has 0 N–H and O–H groups in total. The normalized spacial score (nSPS) is 29.4. The molecule has 0 aromatic carbocycles. The lowest BCUT2D eigenvalue weighted by Gasteiger charge is -2.22. The third-order valence-electron chi connectivity index (χ3n) is 3.21. The van der Waals surface area contributed by atoms with Gasteiger partial charge in [0.05, 0.1) is 25.4 Å². The third kappa shape index (κ3) is 4.26. The monoisotopic (exact) mass is 238 g/mol. The second kappa shape index (κ2) is 6.34. The Bertz CT molecular complexity index is 230. The van der Waals surface area contributed by atoms with Gasteiger partial charge >= 0.3 is 0 Å². The van der Waals surface area contributed by atoms with Gasteiger partial charge in [-0.3, -0.25) is 0 Å². The van der Waals surface area contributed by atoms with E-state index in [2.05, 4.69) is 13.2 Å². The van der Waals surface area contributed by atoms with Crippen LogP contribution in [-0.4, -0.2) is 37.6 Å². The molecule has 0 aromatic rings. The third-order valence-corrected chi connectivity index (χ3v) is 3.21. The summed E-state index contributed by atoms with van der Waals surface area (Å²) >= 11 is 0. The van der Waals surface area contributed by atoms with Gasteiger partial charge in [0, 0.05) is 0 Å². The molecule has 2 rings (SSSR count). The largest absolute Gasteiger partial charge is 0.370 e. The minimum Gasteiger partial charge on any atom is -0.370 e. The second-order valence-corrected chi connectivity index (χ2v) is 4.69. The smallest absolute Gasteiger partial charge is 0.107 e. The number of ether oxygens (including phenoxy) is 3. The predicted octanol–water partition coefficient (Wildman–Crippen LogP) is 2.47. The lowest BCUT2D eigenvalue weighted by molar-refractivity contribution is -0.0440. The van der Waals surface area contributed by atoms with E-state index in [4.69, 9.17) is 14.2 Å². The van der Waals surface area contributed by atoms with E-state index < -0.39 is 0 Å². The van der Waals surface area contributed by atoms with Gasteiger partial charge in [0.15, 0.2) is 0 Å². The minimum absolute atomic E-state index is 0.201. The first-order valence-electron chi connectivity index (χ1n) is 6.45. The molecule has 3 nitrogen and oxygen atoms in total. The molecule has 2 aliphatic heterocycles. The number of epoxide rings is 2. The molecule has 0 amide bonds. The summed E-state index contributed by atoms with van der Waals surface area (Å²) in [7, 11) is 0. The molecular weight excluding hydrogens is 216 g/mol. The maximum Gasteiger partial charge on any atom is 0.107 e. The highest BCUT2D eigenvalue weighted by atomic mass is 16.6. The summed E-state index contributed by atoms with van der Waals surface area (Å²) < 4.78 is 16.9. The van der Waals surface area contributed by atoms with Gasteiger partial charge in [-0.15, -0.1) is 13.2 Å². The van der Waals surface area contributed by atoms with Crippen LogP contribution in [0.4, 0.5) is 0 Å². The Kier molecular flexibility index (Phi) is 4.77. The summed E-state index contributed by atoms with van der Waals surface area (Å²) in [4.78, 5) is 0. The molecule has 4 unspecified atom stereocenters. The minimum atomic E-state index is 0.201. The van der Waals surface area contributed by atoms with E-state index in [9.17, 15) is 0 Å². The molecule has 17 heavy (non-hydrogen) atoms. The van der Waals surface area contributed by atoms with E-state index in [0.717, 1.165) is 38.9 Å². The van der Waals surface area contributed by atoms with Crippen LogP contribution in [0.2, 0.25) is 0 Å². The lowest BCUT2D eigenvalue weighted by atomic mass is 10.1. The topological polar surface area (TPSA) is 34.3 Å². The molecule has 2 aliphatic rings. The van der Waals surface area contributed by atoms with Crippen LogP contribution in [0.5, 0.6) is 0 Å². The average Bonchev–Trinajstić information content (AvgIpc) is 3.18. The highest BCUT2D eigenvalue weighted by molar-refractivity contribution is 4.88. The maximum atomic E-state index is 6.16. The summed E-state index contributed by atoms with van der Waals surface area (Å²) in [5.74, 6) is 0. The maximum absolute atomic E-state index is 6.16. The van der Waals surface area contributed by atoms with Gasteiger partial charge in [-0.25, -0.2) is 0 Å². The van der Waals surface area contributed by atoms with Crippen molar-refractivity contribution in [2.45, 2.75) is 50.1 Å². The quantitative estimate of drug-likeness (QED) is 0.433. The highest BCUT2D eigenvalue weighted by Gasteiger charge is 2.39. The Morgan fingerprint density at radius 1 is 1.00 bits per heavy atom. The Morgan fingerprint density at radius 3 is 1.71 bits per heavy atom. The molecule has 4 atom stereocenters. The number of allylic oxidation sites excluding steroid dienone is 2.